The average Bonchev–Trinajstić information content (AvgIpc) is 2.61. The van der Waals surface area contributed by atoms with Gasteiger partial charge < -0.3 is 15.8 Å². The Bertz CT molecular complexity index is 862. The van der Waals surface area contributed by atoms with Gasteiger partial charge in [0.25, 0.3) is 0 Å². The molecule has 3 N–H and O–H groups in total. The number of pyridine rings is 1. The number of rotatable bonds is 5. The average molecular weight is 335 g/mol. The third-order valence-corrected chi connectivity index (χ3v) is 3.85. The molecule has 0 bridgehead atoms. The molecule has 6 nitrogen and oxygen atoms in total. The van der Waals surface area contributed by atoms with E-state index in [2.05, 4.69) is 34.1 Å². The lowest BCUT2D eigenvalue weighted by molar-refractivity contribution is 0.464. The summed E-state index contributed by atoms with van der Waals surface area (Å²) in [4.78, 5) is 12.6. The van der Waals surface area contributed by atoms with E-state index in [-0.39, 0.29) is 0 Å². The number of nitrogens with two attached hydrogens (primary N) is 1. The molecular weight excluding hydrogens is 314 g/mol. The van der Waals surface area contributed by atoms with Crippen LogP contribution in [-0.4, -0.2) is 15.0 Å². The van der Waals surface area contributed by atoms with Crippen LogP contribution in [0.2, 0.25) is 0 Å². The second-order valence-electron chi connectivity index (χ2n) is 6.06. The van der Waals surface area contributed by atoms with Gasteiger partial charge in [0.1, 0.15) is 23.6 Å². The smallest absolute Gasteiger partial charge is 0.248 e. The van der Waals surface area contributed by atoms with E-state index in [1.54, 1.807) is 6.20 Å². The van der Waals surface area contributed by atoms with Crippen molar-refractivity contribution in [1.82, 2.24) is 15.0 Å². The van der Waals surface area contributed by atoms with Gasteiger partial charge in [-0.2, -0.15) is 4.98 Å². The summed E-state index contributed by atoms with van der Waals surface area (Å²) in [5.41, 5.74) is 8.74. The van der Waals surface area contributed by atoms with Crippen LogP contribution in [-0.2, 0) is 0 Å². The summed E-state index contributed by atoms with van der Waals surface area (Å²) in [5.74, 6) is 2.61. The number of hydrogen-bond donors (Lipinski definition) is 2. The first-order valence-corrected chi connectivity index (χ1v) is 8.11. The van der Waals surface area contributed by atoms with Gasteiger partial charge in [0.05, 0.1) is 0 Å². The van der Waals surface area contributed by atoms with E-state index in [0.717, 1.165) is 5.56 Å². The highest BCUT2D eigenvalue weighted by molar-refractivity contribution is 5.72. The lowest BCUT2D eigenvalue weighted by atomic mass is 10.0. The number of ether oxygens (including phenoxy) is 1. The minimum atomic E-state index is 0.309. The van der Waals surface area contributed by atoms with Gasteiger partial charge in [-0.25, -0.2) is 9.97 Å². The Balaban J connectivity index is 1.82. The van der Waals surface area contributed by atoms with Crippen molar-refractivity contribution in [1.29, 1.82) is 0 Å². The SMILES string of the molecule is Cc1cccnc1Nc1ncnc(Oc2ccc(C(C)C)cc2)c1N. The predicted octanol–water partition coefficient (Wildman–Crippen LogP) is 4.42. The van der Waals surface area contributed by atoms with E-state index in [1.165, 1.54) is 11.9 Å². The molecular formula is C19H21N5O. The summed E-state index contributed by atoms with van der Waals surface area (Å²) < 4.78 is 5.82. The molecule has 25 heavy (non-hydrogen) atoms. The number of nitrogen functional groups attached to an aromatic ring is 1. The molecule has 0 atom stereocenters. The van der Waals surface area contributed by atoms with Gasteiger partial charge in [0.15, 0.2) is 5.82 Å². The first-order valence-electron chi connectivity index (χ1n) is 8.11. The van der Waals surface area contributed by atoms with Gasteiger partial charge >= 0.3 is 0 Å². The summed E-state index contributed by atoms with van der Waals surface area (Å²) >= 11 is 0. The van der Waals surface area contributed by atoms with Crippen molar-refractivity contribution in [3.8, 4) is 11.6 Å². The van der Waals surface area contributed by atoms with Crippen molar-refractivity contribution >= 4 is 17.3 Å². The number of anilines is 3. The zero-order valence-electron chi connectivity index (χ0n) is 14.5. The highest BCUT2D eigenvalue weighted by Gasteiger charge is 2.12. The zero-order valence-corrected chi connectivity index (χ0v) is 14.5. The molecule has 0 amide bonds. The zero-order chi connectivity index (χ0) is 17.8. The van der Waals surface area contributed by atoms with Gasteiger partial charge in [0.2, 0.25) is 5.88 Å². The summed E-state index contributed by atoms with van der Waals surface area (Å²) in [6.45, 7) is 6.26. The van der Waals surface area contributed by atoms with Crippen molar-refractivity contribution in [2.24, 2.45) is 0 Å². The highest BCUT2D eigenvalue weighted by atomic mass is 16.5. The van der Waals surface area contributed by atoms with Crippen LogP contribution in [0.1, 0.15) is 30.9 Å². The van der Waals surface area contributed by atoms with E-state index in [0.29, 0.717) is 34.9 Å². The second kappa shape index (κ2) is 7.17. The number of aromatic nitrogens is 3. The largest absolute Gasteiger partial charge is 0.437 e. The second-order valence-corrected chi connectivity index (χ2v) is 6.06. The fourth-order valence-corrected chi connectivity index (χ4v) is 2.32. The lowest BCUT2D eigenvalue weighted by Crippen LogP contribution is -2.04. The molecule has 0 saturated heterocycles. The van der Waals surface area contributed by atoms with E-state index in [9.17, 15) is 0 Å². The Morgan fingerprint density at radius 3 is 2.44 bits per heavy atom. The molecule has 0 unspecified atom stereocenters. The minimum Gasteiger partial charge on any atom is -0.437 e. The Kier molecular flexibility index (Phi) is 4.79. The number of nitrogens with one attached hydrogen (secondary N) is 1. The Morgan fingerprint density at radius 2 is 1.76 bits per heavy atom. The van der Waals surface area contributed by atoms with Gasteiger partial charge in [-0.1, -0.05) is 32.0 Å². The van der Waals surface area contributed by atoms with E-state index >= 15 is 0 Å². The van der Waals surface area contributed by atoms with Crippen LogP contribution in [0.15, 0.2) is 48.9 Å². The quantitative estimate of drug-likeness (QED) is 0.718. The van der Waals surface area contributed by atoms with Gasteiger partial charge in [-0.3, -0.25) is 0 Å². The highest BCUT2D eigenvalue weighted by Crippen LogP contribution is 2.31. The van der Waals surface area contributed by atoms with Crippen molar-refractivity contribution in [3.05, 3.63) is 60.0 Å². The molecule has 2 heterocycles. The molecule has 0 saturated carbocycles. The molecule has 0 radical (unpaired) electrons. The topological polar surface area (TPSA) is 86.0 Å². The van der Waals surface area contributed by atoms with Crippen molar-refractivity contribution in [2.45, 2.75) is 26.7 Å². The minimum absolute atomic E-state index is 0.309. The number of benzene rings is 1. The number of hydrogen-bond acceptors (Lipinski definition) is 6. The molecule has 3 rings (SSSR count). The van der Waals surface area contributed by atoms with Crippen LogP contribution in [0.3, 0.4) is 0 Å². The van der Waals surface area contributed by atoms with Gasteiger partial charge in [-0.05, 0) is 42.2 Å². The summed E-state index contributed by atoms with van der Waals surface area (Å²) in [5, 5.41) is 3.12. The van der Waals surface area contributed by atoms with E-state index < -0.39 is 0 Å². The lowest BCUT2D eigenvalue weighted by Gasteiger charge is -2.13. The Labute approximate surface area is 147 Å². The normalized spacial score (nSPS) is 10.7. The van der Waals surface area contributed by atoms with E-state index in [4.69, 9.17) is 10.5 Å². The fraction of sp³-hybridized carbons (Fsp3) is 0.211. The third kappa shape index (κ3) is 3.85. The molecule has 1 aromatic carbocycles. The van der Waals surface area contributed by atoms with E-state index in [1.807, 2.05) is 43.3 Å². The molecule has 0 fully saturated rings. The standard InChI is InChI=1S/C19H21N5O/c1-12(2)14-6-8-15(9-7-14)25-19-16(20)18(22-11-23-19)24-17-13(3)5-4-10-21-17/h4-12H,20H2,1-3H3,(H,21,22,23,24). The molecule has 128 valence electrons. The van der Waals surface area contributed by atoms with Crippen LogP contribution >= 0.6 is 0 Å². The maximum atomic E-state index is 6.17. The van der Waals surface area contributed by atoms with Crippen molar-refractivity contribution < 1.29 is 4.74 Å². The Morgan fingerprint density at radius 1 is 1.00 bits per heavy atom. The third-order valence-electron chi connectivity index (χ3n) is 3.85. The molecule has 0 spiro atoms. The molecule has 3 aromatic rings. The van der Waals surface area contributed by atoms with Crippen molar-refractivity contribution in [2.75, 3.05) is 11.1 Å². The summed E-state index contributed by atoms with van der Waals surface area (Å²) in [6, 6.07) is 11.7. The monoisotopic (exact) mass is 335 g/mol. The predicted molar refractivity (Wildman–Crippen MR) is 99.3 cm³/mol. The summed E-state index contributed by atoms with van der Waals surface area (Å²) in [6.07, 6.45) is 3.12. The maximum Gasteiger partial charge on any atom is 0.248 e. The van der Waals surface area contributed by atoms with Crippen LogP contribution in [0.5, 0.6) is 11.6 Å². The fourth-order valence-electron chi connectivity index (χ4n) is 2.32. The molecule has 0 aliphatic heterocycles. The number of nitrogens with zero attached hydrogens (tertiary/aromatic N) is 3. The van der Waals surface area contributed by atoms with Crippen LogP contribution < -0.4 is 15.8 Å². The maximum absolute atomic E-state index is 6.17. The Hall–Kier alpha value is -3.15. The molecule has 0 aliphatic rings. The summed E-state index contributed by atoms with van der Waals surface area (Å²) in [7, 11) is 0. The van der Waals surface area contributed by atoms with Gasteiger partial charge in [0, 0.05) is 6.20 Å². The van der Waals surface area contributed by atoms with Crippen LogP contribution in [0.25, 0.3) is 0 Å². The van der Waals surface area contributed by atoms with Crippen LogP contribution in [0, 0.1) is 6.92 Å². The van der Waals surface area contributed by atoms with Crippen LogP contribution in [0.4, 0.5) is 17.3 Å². The first kappa shape index (κ1) is 16.7. The molecule has 2 aromatic heterocycles. The van der Waals surface area contributed by atoms with Crippen molar-refractivity contribution in [3.63, 3.8) is 0 Å². The molecule has 6 heteroatoms. The van der Waals surface area contributed by atoms with Gasteiger partial charge in [-0.15, -0.1) is 0 Å². The number of aryl methyl sites for hydroxylation is 1. The molecule has 0 aliphatic carbocycles. The first-order chi connectivity index (χ1) is 12.0.